The Morgan fingerprint density at radius 2 is 1.33 bits per heavy atom. The number of carboxylic acid groups (broad SMARTS) is 2. The van der Waals surface area contributed by atoms with Crippen LogP contribution in [-0.4, -0.2) is 44.3 Å². The van der Waals surface area contributed by atoms with E-state index in [-0.39, 0.29) is 28.4 Å². The molecule has 1 aliphatic rings. The van der Waals surface area contributed by atoms with Crippen molar-refractivity contribution in [2.24, 2.45) is 0 Å². The standard InChI is InChI=1S/C18H9I3N2O7/c19-5-8(24)22-13-9(17(27)28)11(20)14(12(21)10(13)18(29)30)23-15(25)6-3-1-2-4-7(6)16(23)26/h1-4H,5H2,(H,22,24)(H,27,28)(H,29,30). The van der Waals surface area contributed by atoms with E-state index in [1.165, 1.54) is 12.1 Å². The maximum Gasteiger partial charge on any atom is 0.339 e. The fraction of sp³-hybridized carbons (Fsp3) is 0.0556. The third-order valence-corrected chi connectivity index (χ3v) is 6.98. The summed E-state index contributed by atoms with van der Waals surface area (Å²) in [5.74, 6) is -5.01. The number of rotatable bonds is 5. The largest absolute Gasteiger partial charge is 0.478 e. The number of fused-ring (bicyclic) bond motifs is 1. The van der Waals surface area contributed by atoms with Crippen molar-refractivity contribution in [3.05, 3.63) is 53.7 Å². The van der Waals surface area contributed by atoms with Gasteiger partial charge in [0.15, 0.2) is 0 Å². The smallest absolute Gasteiger partial charge is 0.339 e. The van der Waals surface area contributed by atoms with E-state index < -0.39 is 46.5 Å². The molecule has 0 unspecified atom stereocenters. The third kappa shape index (κ3) is 3.68. The normalized spacial score (nSPS) is 12.7. The van der Waals surface area contributed by atoms with Gasteiger partial charge in [-0.1, -0.05) is 34.7 Å². The molecule has 3 rings (SSSR count). The summed E-state index contributed by atoms with van der Waals surface area (Å²) >= 11 is 5.03. The molecule has 3 N–H and O–H groups in total. The lowest BCUT2D eigenvalue weighted by atomic mass is 10.0. The first-order valence-corrected chi connectivity index (χ1v) is 11.6. The lowest BCUT2D eigenvalue weighted by molar-refractivity contribution is -0.113. The van der Waals surface area contributed by atoms with E-state index in [1.807, 2.05) is 0 Å². The summed E-state index contributed by atoms with van der Waals surface area (Å²) in [4.78, 5) is 62.5. The average molecular weight is 746 g/mol. The van der Waals surface area contributed by atoms with Crippen molar-refractivity contribution in [1.29, 1.82) is 0 Å². The number of hydrogen-bond donors (Lipinski definition) is 3. The first kappa shape index (κ1) is 22.9. The van der Waals surface area contributed by atoms with Crippen LogP contribution in [0.1, 0.15) is 41.4 Å². The van der Waals surface area contributed by atoms with Crippen molar-refractivity contribution < 1.29 is 34.2 Å². The second kappa shape index (κ2) is 8.74. The molecule has 0 saturated heterocycles. The number of anilines is 2. The number of nitrogens with one attached hydrogen (secondary N) is 1. The van der Waals surface area contributed by atoms with Gasteiger partial charge < -0.3 is 15.5 Å². The number of hydrogen-bond acceptors (Lipinski definition) is 5. The van der Waals surface area contributed by atoms with E-state index in [9.17, 15) is 34.2 Å². The minimum Gasteiger partial charge on any atom is -0.478 e. The topological polar surface area (TPSA) is 141 Å². The fourth-order valence-corrected chi connectivity index (χ4v) is 5.70. The maximum atomic E-state index is 12.9. The van der Waals surface area contributed by atoms with E-state index in [0.717, 1.165) is 4.90 Å². The molecule has 0 atom stereocenters. The number of halogens is 3. The van der Waals surface area contributed by atoms with Gasteiger partial charge >= 0.3 is 11.9 Å². The first-order valence-electron chi connectivity index (χ1n) is 7.96. The van der Waals surface area contributed by atoms with Crippen molar-refractivity contribution in [3.63, 3.8) is 0 Å². The van der Waals surface area contributed by atoms with Gasteiger partial charge in [0.25, 0.3) is 11.8 Å². The van der Waals surface area contributed by atoms with E-state index in [4.69, 9.17) is 0 Å². The summed E-state index contributed by atoms with van der Waals surface area (Å²) in [5.41, 5.74) is -1.32. The number of alkyl halides is 1. The highest BCUT2D eigenvalue weighted by Crippen LogP contribution is 2.42. The summed E-state index contributed by atoms with van der Waals surface area (Å²) in [6.45, 7) is 0. The summed E-state index contributed by atoms with van der Waals surface area (Å²) in [6.07, 6.45) is 0. The van der Waals surface area contributed by atoms with Crippen molar-refractivity contribution in [3.8, 4) is 0 Å². The zero-order valence-corrected chi connectivity index (χ0v) is 21.0. The summed E-state index contributed by atoms with van der Waals surface area (Å²) < 4.78 is -0.135. The Morgan fingerprint density at radius 1 is 0.900 bits per heavy atom. The maximum absolute atomic E-state index is 12.9. The number of carbonyl (C=O) groups is 5. The molecule has 0 saturated carbocycles. The molecule has 2 aromatic carbocycles. The number of carboxylic acids is 2. The summed E-state index contributed by atoms with van der Waals surface area (Å²) in [6, 6.07) is 6.08. The number of benzene rings is 2. The second-order valence-electron chi connectivity index (χ2n) is 5.88. The lowest BCUT2D eigenvalue weighted by Crippen LogP contribution is -2.33. The first-order chi connectivity index (χ1) is 14.1. The molecule has 12 heteroatoms. The predicted molar refractivity (Wildman–Crippen MR) is 131 cm³/mol. The number of amides is 3. The minimum atomic E-state index is -1.51. The molecule has 0 aromatic heterocycles. The highest BCUT2D eigenvalue weighted by atomic mass is 127. The van der Waals surface area contributed by atoms with Crippen molar-refractivity contribution in [2.45, 2.75) is 0 Å². The van der Waals surface area contributed by atoms with E-state index >= 15 is 0 Å². The van der Waals surface area contributed by atoms with Crippen molar-refractivity contribution >= 4 is 109 Å². The summed E-state index contributed by atoms with van der Waals surface area (Å²) in [5, 5.41) is 21.8. The van der Waals surface area contributed by atoms with Gasteiger partial charge in [-0.05, 0) is 57.3 Å². The Kier molecular flexibility index (Phi) is 6.66. The van der Waals surface area contributed by atoms with Crippen LogP contribution >= 0.6 is 67.8 Å². The van der Waals surface area contributed by atoms with Gasteiger partial charge in [0, 0.05) is 0 Å². The molecule has 0 spiro atoms. The molecule has 0 fully saturated rings. The highest BCUT2D eigenvalue weighted by Gasteiger charge is 2.41. The molecule has 154 valence electrons. The van der Waals surface area contributed by atoms with Crippen LogP contribution in [0.3, 0.4) is 0 Å². The van der Waals surface area contributed by atoms with Crippen LogP contribution in [-0.2, 0) is 4.79 Å². The van der Waals surface area contributed by atoms with Gasteiger partial charge in [-0.2, -0.15) is 0 Å². The van der Waals surface area contributed by atoms with Crippen LogP contribution in [0.2, 0.25) is 0 Å². The van der Waals surface area contributed by atoms with Gasteiger partial charge in [0.05, 0.1) is 45.2 Å². The van der Waals surface area contributed by atoms with Gasteiger partial charge in [-0.3, -0.25) is 14.4 Å². The second-order valence-corrected chi connectivity index (χ2v) is 8.81. The molecule has 0 aliphatic carbocycles. The molecule has 1 aliphatic heterocycles. The predicted octanol–water partition coefficient (Wildman–Crippen LogP) is 3.47. The van der Waals surface area contributed by atoms with Gasteiger partial charge in [-0.25, -0.2) is 14.5 Å². The van der Waals surface area contributed by atoms with Crippen LogP contribution in [0.15, 0.2) is 24.3 Å². The van der Waals surface area contributed by atoms with Crippen LogP contribution in [0.25, 0.3) is 0 Å². The molecular formula is C18H9I3N2O7. The van der Waals surface area contributed by atoms with E-state index in [1.54, 1.807) is 79.9 Å². The molecule has 2 aromatic rings. The molecular weight excluding hydrogens is 737 g/mol. The minimum absolute atomic E-state index is 0.0385. The Labute approximate surface area is 209 Å². The Balaban J connectivity index is 2.36. The van der Waals surface area contributed by atoms with Gasteiger partial charge in [0.2, 0.25) is 5.91 Å². The highest BCUT2D eigenvalue weighted by molar-refractivity contribution is 14.1. The van der Waals surface area contributed by atoms with E-state index in [0.29, 0.717) is 0 Å². The molecule has 9 nitrogen and oxygen atoms in total. The van der Waals surface area contributed by atoms with Crippen LogP contribution < -0.4 is 10.2 Å². The lowest BCUT2D eigenvalue weighted by Gasteiger charge is -2.23. The Bertz CT molecular complexity index is 1090. The van der Waals surface area contributed by atoms with Crippen LogP contribution in [0.5, 0.6) is 0 Å². The van der Waals surface area contributed by atoms with E-state index in [2.05, 4.69) is 5.32 Å². The SMILES string of the molecule is O=C(CI)Nc1c(C(=O)O)c(I)c(N2C(=O)c3ccccc3C2=O)c(I)c1C(=O)O. The Morgan fingerprint density at radius 3 is 1.70 bits per heavy atom. The zero-order valence-electron chi connectivity index (χ0n) is 14.5. The monoisotopic (exact) mass is 746 g/mol. The van der Waals surface area contributed by atoms with Crippen molar-refractivity contribution in [1.82, 2.24) is 0 Å². The van der Waals surface area contributed by atoms with Crippen molar-refractivity contribution in [2.75, 3.05) is 14.6 Å². The quantitative estimate of drug-likeness (QED) is 0.242. The molecule has 30 heavy (non-hydrogen) atoms. The molecule has 0 bridgehead atoms. The van der Waals surface area contributed by atoms with Crippen LogP contribution in [0.4, 0.5) is 11.4 Å². The number of aromatic carboxylic acids is 2. The van der Waals surface area contributed by atoms with Gasteiger partial charge in [0.1, 0.15) is 0 Å². The molecule has 1 heterocycles. The number of nitrogens with zero attached hydrogens (tertiary/aromatic N) is 1. The Hall–Kier alpha value is -1.82. The summed E-state index contributed by atoms with van der Waals surface area (Å²) in [7, 11) is 0. The fourth-order valence-electron chi connectivity index (χ4n) is 2.97. The third-order valence-electron chi connectivity index (χ3n) is 4.19. The van der Waals surface area contributed by atoms with Crippen LogP contribution in [0, 0.1) is 7.14 Å². The number of imide groups is 1. The number of carbonyl (C=O) groups excluding carboxylic acids is 3. The average Bonchev–Trinajstić information content (AvgIpc) is 2.92. The zero-order chi connectivity index (χ0) is 22.3. The molecule has 3 amide bonds. The molecule has 0 radical (unpaired) electrons. The van der Waals surface area contributed by atoms with Gasteiger partial charge in [-0.15, -0.1) is 0 Å².